The van der Waals surface area contributed by atoms with Crippen molar-refractivity contribution in [1.82, 2.24) is 25.1 Å². The van der Waals surface area contributed by atoms with Crippen molar-refractivity contribution in [3.63, 3.8) is 0 Å². The van der Waals surface area contributed by atoms with Crippen molar-refractivity contribution < 1.29 is 4.42 Å². The Morgan fingerprint density at radius 3 is 2.79 bits per heavy atom. The quantitative estimate of drug-likeness (QED) is 0.379. The summed E-state index contributed by atoms with van der Waals surface area (Å²) in [4.78, 5) is 22.9. The van der Waals surface area contributed by atoms with Crippen molar-refractivity contribution in [3.05, 3.63) is 64.9 Å². The Kier molecular flexibility index (Phi) is 3.58. The van der Waals surface area contributed by atoms with Gasteiger partial charge in [0.15, 0.2) is 5.58 Å². The normalized spacial score (nSPS) is 11.2. The number of hydrogen-bond donors (Lipinski definition) is 4. The molecule has 0 fully saturated rings. The average molecular weight is 373 g/mol. The van der Waals surface area contributed by atoms with Crippen LogP contribution in [0.1, 0.15) is 5.56 Å². The van der Waals surface area contributed by atoms with Gasteiger partial charge in [-0.25, -0.2) is 9.78 Å². The minimum Gasteiger partial charge on any atom is -0.408 e. The monoisotopic (exact) mass is 373 g/mol. The number of hydrogen-bond acceptors (Lipinski definition) is 7. The predicted octanol–water partition coefficient (Wildman–Crippen LogP) is 3.58. The average Bonchev–Trinajstić information content (AvgIpc) is 3.29. The summed E-state index contributed by atoms with van der Waals surface area (Å²) in [6.07, 6.45) is 3.51. The molecule has 0 radical (unpaired) electrons. The molecule has 0 spiro atoms. The highest BCUT2D eigenvalue weighted by Crippen LogP contribution is 2.24. The van der Waals surface area contributed by atoms with E-state index in [1.807, 2.05) is 31.2 Å². The van der Waals surface area contributed by atoms with Crippen LogP contribution < -0.4 is 16.4 Å². The predicted molar refractivity (Wildman–Crippen MR) is 106 cm³/mol. The number of oxazole rings is 1. The fraction of sp³-hybridized carbons (Fsp3) is 0.0526. The number of nitrogens with zero attached hydrogens (tertiary/aromatic N) is 3. The molecule has 3 aromatic heterocycles. The summed E-state index contributed by atoms with van der Waals surface area (Å²) in [7, 11) is 0. The highest BCUT2D eigenvalue weighted by atomic mass is 16.4. The molecule has 0 saturated carbocycles. The molecule has 9 heteroatoms. The molecule has 0 saturated heterocycles. The fourth-order valence-corrected chi connectivity index (χ4v) is 2.94. The zero-order chi connectivity index (χ0) is 19.1. The van der Waals surface area contributed by atoms with Gasteiger partial charge in [0.05, 0.1) is 17.2 Å². The van der Waals surface area contributed by atoms with Crippen molar-refractivity contribution >= 4 is 45.1 Å². The lowest BCUT2D eigenvalue weighted by Crippen LogP contribution is -2.02. The third-order valence-corrected chi connectivity index (χ3v) is 4.35. The maximum atomic E-state index is 11.3. The van der Waals surface area contributed by atoms with Gasteiger partial charge in [-0.15, -0.1) is 0 Å². The second-order valence-corrected chi connectivity index (χ2v) is 6.37. The molecular weight excluding hydrogens is 358 g/mol. The molecule has 9 nitrogen and oxygen atoms in total. The second kappa shape index (κ2) is 6.23. The molecule has 0 aliphatic heterocycles. The van der Waals surface area contributed by atoms with E-state index in [0.717, 1.165) is 27.8 Å². The molecule has 0 atom stereocenters. The number of H-pyrrole nitrogens is 2. The molecule has 138 valence electrons. The first-order chi connectivity index (χ1) is 13.6. The Bertz CT molecular complexity index is 1370. The summed E-state index contributed by atoms with van der Waals surface area (Å²) >= 11 is 0. The number of aromatic amines is 2. The van der Waals surface area contributed by atoms with Gasteiger partial charge in [-0.3, -0.25) is 10.1 Å². The zero-order valence-corrected chi connectivity index (χ0v) is 14.8. The number of anilines is 4. The molecule has 5 rings (SSSR count). The van der Waals surface area contributed by atoms with Crippen molar-refractivity contribution in [2.75, 3.05) is 10.6 Å². The molecule has 0 aliphatic carbocycles. The number of nitrogens with one attached hydrogen (secondary N) is 4. The van der Waals surface area contributed by atoms with E-state index >= 15 is 0 Å². The molecule has 0 amide bonds. The number of fused-ring (bicyclic) bond motifs is 2. The lowest BCUT2D eigenvalue weighted by Gasteiger charge is -2.11. The molecule has 5 aromatic rings. The fourth-order valence-electron chi connectivity index (χ4n) is 2.94. The highest BCUT2D eigenvalue weighted by molar-refractivity contribution is 5.82. The maximum absolute atomic E-state index is 11.3. The third-order valence-electron chi connectivity index (χ3n) is 4.35. The van der Waals surface area contributed by atoms with Gasteiger partial charge in [-0.2, -0.15) is 10.1 Å². The Morgan fingerprint density at radius 1 is 1.00 bits per heavy atom. The van der Waals surface area contributed by atoms with Crippen LogP contribution in [0, 0.1) is 6.92 Å². The van der Waals surface area contributed by atoms with Crippen LogP contribution in [0.4, 0.5) is 23.1 Å². The summed E-state index contributed by atoms with van der Waals surface area (Å²) in [5.41, 5.74) is 4.61. The lowest BCUT2D eigenvalue weighted by atomic mass is 10.2. The van der Waals surface area contributed by atoms with Crippen LogP contribution in [0.25, 0.3) is 22.0 Å². The molecule has 0 unspecified atom stereocenters. The second-order valence-electron chi connectivity index (χ2n) is 6.37. The molecule has 4 N–H and O–H groups in total. The summed E-state index contributed by atoms with van der Waals surface area (Å²) in [6.45, 7) is 1.92. The van der Waals surface area contributed by atoms with E-state index in [1.54, 1.807) is 24.5 Å². The van der Waals surface area contributed by atoms with Gasteiger partial charge in [0.1, 0.15) is 5.82 Å². The van der Waals surface area contributed by atoms with Crippen LogP contribution in [-0.2, 0) is 0 Å². The molecule has 28 heavy (non-hydrogen) atoms. The Hall–Kier alpha value is -4.14. The van der Waals surface area contributed by atoms with Gasteiger partial charge in [-0.1, -0.05) is 0 Å². The van der Waals surface area contributed by atoms with E-state index in [9.17, 15) is 4.79 Å². The van der Waals surface area contributed by atoms with Gasteiger partial charge in [-0.05, 0) is 43.3 Å². The van der Waals surface area contributed by atoms with Crippen molar-refractivity contribution in [3.8, 4) is 0 Å². The van der Waals surface area contributed by atoms with Crippen LogP contribution >= 0.6 is 0 Å². The molecule has 0 aliphatic rings. The summed E-state index contributed by atoms with van der Waals surface area (Å²) < 4.78 is 5.03. The summed E-state index contributed by atoms with van der Waals surface area (Å²) in [6, 6.07) is 11.2. The SMILES string of the molecule is Cc1cnc(Nc2ccc3[nH]ncc3c2)nc1Nc1ccc2oc(=O)[nH]c2c1. The van der Waals surface area contributed by atoms with Gasteiger partial charge in [0.25, 0.3) is 0 Å². The molecule has 0 bridgehead atoms. The van der Waals surface area contributed by atoms with E-state index in [1.165, 1.54) is 0 Å². The Balaban J connectivity index is 1.43. The Labute approximate surface area is 157 Å². The minimum atomic E-state index is -0.480. The first kappa shape index (κ1) is 16.1. The van der Waals surface area contributed by atoms with Crippen LogP contribution in [0.15, 0.2) is 58.0 Å². The minimum absolute atomic E-state index is 0.466. The van der Waals surface area contributed by atoms with E-state index in [4.69, 9.17) is 4.42 Å². The molecular formula is C19H15N7O2. The van der Waals surface area contributed by atoms with Crippen LogP contribution in [0.2, 0.25) is 0 Å². The summed E-state index contributed by atoms with van der Waals surface area (Å²) in [5.74, 6) is 0.646. The van der Waals surface area contributed by atoms with E-state index in [2.05, 4.69) is 35.8 Å². The number of aromatic nitrogens is 5. The molecule has 3 heterocycles. The maximum Gasteiger partial charge on any atom is 0.417 e. The van der Waals surface area contributed by atoms with E-state index in [-0.39, 0.29) is 0 Å². The lowest BCUT2D eigenvalue weighted by molar-refractivity contribution is 0.555. The van der Waals surface area contributed by atoms with E-state index in [0.29, 0.717) is 22.9 Å². The summed E-state index contributed by atoms with van der Waals surface area (Å²) in [5, 5.41) is 14.4. The van der Waals surface area contributed by atoms with Crippen LogP contribution in [0.5, 0.6) is 0 Å². The first-order valence-corrected chi connectivity index (χ1v) is 8.58. The number of aryl methyl sites for hydroxylation is 1. The van der Waals surface area contributed by atoms with E-state index < -0.39 is 5.76 Å². The van der Waals surface area contributed by atoms with Crippen molar-refractivity contribution in [2.24, 2.45) is 0 Å². The smallest absolute Gasteiger partial charge is 0.408 e. The first-order valence-electron chi connectivity index (χ1n) is 8.58. The van der Waals surface area contributed by atoms with Gasteiger partial charge >= 0.3 is 5.76 Å². The number of rotatable bonds is 4. The molecule has 2 aromatic carbocycles. The standard InChI is InChI=1S/C19H15N7O2/c1-10-8-20-18(23-12-2-4-14-11(6-12)9-21-26-14)25-17(10)22-13-3-5-16-15(7-13)24-19(27)28-16/h2-9H,1H3,(H,21,26)(H,24,27)(H2,20,22,23,25). The largest absolute Gasteiger partial charge is 0.417 e. The number of benzene rings is 2. The van der Waals surface area contributed by atoms with Crippen molar-refractivity contribution in [1.29, 1.82) is 0 Å². The third kappa shape index (κ3) is 2.94. The van der Waals surface area contributed by atoms with Crippen LogP contribution in [-0.4, -0.2) is 25.1 Å². The topological polar surface area (TPSA) is 125 Å². The van der Waals surface area contributed by atoms with Crippen LogP contribution in [0.3, 0.4) is 0 Å². The van der Waals surface area contributed by atoms with Gasteiger partial charge in [0, 0.05) is 28.5 Å². The Morgan fingerprint density at radius 2 is 1.86 bits per heavy atom. The van der Waals surface area contributed by atoms with Crippen molar-refractivity contribution in [2.45, 2.75) is 6.92 Å². The zero-order valence-electron chi connectivity index (χ0n) is 14.8. The van der Waals surface area contributed by atoms with Gasteiger partial charge < -0.3 is 15.1 Å². The van der Waals surface area contributed by atoms with Gasteiger partial charge in [0.2, 0.25) is 5.95 Å². The highest BCUT2D eigenvalue weighted by Gasteiger charge is 2.08.